The normalized spacial score (nSPS) is 11.2. The fourth-order valence-corrected chi connectivity index (χ4v) is 2.92. The lowest BCUT2D eigenvalue weighted by Gasteiger charge is -2.11. The van der Waals surface area contributed by atoms with Crippen molar-refractivity contribution in [1.82, 2.24) is 9.78 Å². The molecule has 8 nitrogen and oxygen atoms in total. The van der Waals surface area contributed by atoms with Crippen LogP contribution < -0.4 is 10.1 Å². The standard InChI is InChI=1S/C19H14BrF3N4O4/c20-13-10-24-26(11-13)5-4-18(28)25-14-7-15(27(29)30)9-17(8-14)31-16-3-1-2-12(6-16)19(21,22)23/h1-3,6-11H,4-5H2,(H,25,28). The third-order valence-corrected chi connectivity index (χ3v) is 4.36. The number of aromatic nitrogens is 2. The van der Waals surface area contributed by atoms with E-state index in [9.17, 15) is 28.1 Å². The zero-order valence-electron chi connectivity index (χ0n) is 15.6. The van der Waals surface area contributed by atoms with E-state index in [1.165, 1.54) is 12.1 Å². The number of carbonyl (C=O) groups is 1. The minimum atomic E-state index is -4.56. The number of amides is 1. The van der Waals surface area contributed by atoms with Gasteiger partial charge in [0.2, 0.25) is 5.91 Å². The summed E-state index contributed by atoms with van der Waals surface area (Å²) in [5, 5.41) is 17.8. The maximum atomic E-state index is 12.9. The Labute approximate surface area is 181 Å². The molecule has 1 aromatic heterocycles. The molecule has 3 rings (SSSR count). The van der Waals surface area contributed by atoms with Crippen LogP contribution in [0.2, 0.25) is 0 Å². The summed E-state index contributed by atoms with van der Waals surface area (Å²) in [6, 6.07) is 7.57. The molecule has 0 atom stereocenters. The molecule has 0 unspecified atom stereocenters. The zero-order chi connectivity index (χ0) is 22.6. The molecule has 31 heavy (non-hydrogen) atoms. The van der Waals surface area contributed by atoms with Gasteiger partial charge in [0.15, 0.2) is 0 Å². The Morgan fingerprint density at radius 1 is 1.23 bits per heavy atom. The third kappa shape index (κ3) is 6.28. The van der Waals surface area contributed by atoms with Gasteiger partial charge in [-0.05, 0) is 34.1 Å². The maximum Gasteiger partial charge on any atom is 0.416 e. The maximum absolute atomic E-state index is 12.9. The second-order valence-electron chi connectivity index (χ2n) is 6.32. The molecule has 12 heteroatoms. The topological polar surface area (TPSA) is 99.3 Å². The summed E-state index contributed by atoms with van der Waals surface area (Å²) in [4.78, 5) is 22.7. The second kappa shape index (κ2) is 9.16. The lowest BCUT2D eigenvalue weighted by Crippen LogP contribution is -2.14. The van der Waals surface area contributed by atoms with Gasteiger partial charge in [-0.3, -0.25) is 19.6 Å². The van der Waals surface area contributed by atoms with Gasteiger partial charge < -0.3 is 10.1 Å². The predicted molar refractivity (Wildman–Crippen MR) is 108 cm³/mol. The van der Waals surface area contributed by atoms with Crippen molar-refractivity contribution >= 4 is 33.2 Å². The molecule has 0 radical (unpaired) electrons. The molecule has 0 bridgehead atoms. The minimum Gasteiger partial charge on any atom is -0.457 e. The number of carbonyl (C=O) groups excluding carboxylic acids is 1. The molecule has 0 aliphatic heterocycles. The van der Waals surface area contributed by atoms with Crippen LogP contribution in [0.5, 0.6) is 11.5 Å². The number of halogens is 4. The zero-order valence-corrected chi connectivity index (χ0v) is 17.2. The van der Waals surface area contributed by atoms with Gasteiger partial charge >= 0.3 is 6.18 Å². The quantitative estimate of drug-likeness (QED) is 0.347. The molecule has 162 valence electrons. The van der Waals surface area contributed by atoms with Crippen molar-refractivity contribution in [3.05, 3.63) is 75.0 Å². The molecule has 0 fully saturated rings. The van der Waals surface area contributed by atoms with Crippen molar-refractivity contribution in [2.45, 2.75) is 19.1 Å². The van der Waals surface area contributed by atoms with Crippen LogP contribution in [0.25, 0.3) is 0 Å². The van der Waals surface area contributed by atoms with Gasteiger partial charge in [0.25, 0.3) is 5.69 Å². The lowest BCUT2D eigenvalue weighted by molar-refractivity contribution is -0.384. The summed E-state index contributed by atoms with van der Waals surface area (Å²) < 4.78 is 46.3. The molecule has 1 heterocycles. The Hall–Kier alpha value is -3.41. The summed E-state index contributed by atoms with van der Waals surface area (Å²) in [5.41, 5.74) is -1.24. The summed E-state index contributed by atoms with van der Waals surface area (Å²) in [6.07, 6.45) is -1.27. The van der Waals surface area contributed by atoms with E-state index in [0.717, 1.165) is 34.8 Å². The highest BCUT2D eigenvalue weighted by atomic mass is 79.9. The van der Waals surface area contributed by atoms with Crippen LogP contribution in [0.3, 0.4) is 0 Å². The van der Waals surface area contributed by atoms with Crippen LogP contribution in [0, 0.1) is 10.1 Å². The third-order valence-electron chi connectivity index (χ3n) is 3.95. The monoisotopic (exact) mass is 498 g/mol. The number of nitro benzene ring substituents is 1. The van der Waals surface area contributed by atoms with Gasteiger partial charge in [0, 0.05) is 31.3 Å². The van der Waals surface area contributed by atoms with Crippen molar-refractivity contribution < 1.29 is 27.6 Å². The summed E-state index contributed by atoms with van der Waals surface area (Å²) in [6.45, 7) is 0.278. The number of nitrogens with one attached hydrogen (secondary N) is 1. The fourth-order valence-electron chi connectivity index (χ4n) is 2.59. The number of ether oxygens (including phenoxy) is 1. The van der Waals surface area contributed by atoms with Crippen molar-refractivity contribution in [2.75, 3.05) is 5.32 Å². The molecule has 0 saturated heterocycles. The Bertz CT molecular complexity index is 1120. The van der Waals surface area contributed by atoms with E-state index < -0.39 is 28.3 Å². The van der Waals surface area contributed by atoms with E-state index in [0.29, 0.717) is 0 Å². The Morgan fingerprint density at radius 3 is 2.65 bits per heavy atom. The van der Waals surface area contributed by atoms with Crippen LogP contribution in [0.15, 0.2) is 59.3 Å². The van der Waals surface area contributed by atoms with Gasteiger partial charge in [-0.2, -0.15) is 18.3 Å². The van der Waals surface area contributed by atoms with Gasteiger partial charge in [0.1, 0.15) is 11.5 Å². The molecule has 0 spiro atoms. The van der Waals surface area contributed by atoms with Crippen LogP contribution in [-0.2, 0) is 17.5 Å². The fraction of sp³-hybridized carbons (Fsp3) is 0.158. The van der Waals surface area contributed by atoms with Crippen LogP contribution >= 0.6 is 15.9 Å². The molecule has 2 aromatic carbocycles. The Morgan fingerprint density at radius 2 is 2.00 bits per heavy atom. The molecule has 1 N–H and O–H groups in total. The van der Waals surface area contributed by atoms with Crippen molar-refractivity contribution in [1.29, 1.82) is 0 Å². The van der Waals surface area contributed by atoms with Crippen LogP contribution in [-0.4, -0.2) is 20.6 Å². The average Bonchev–Trinajstić information content (AvgIpc) is 3.11. The van der Waals surface area contributed by atoms with Gasteiger partial charge in [-0.1, -0.05) is 6.07 Å². The molecule has 0 saturated carbocycles. The molecule has 3 aromatic rings. The highest BCUT2D eigenvalue weighted by Gasteiger charge is 2.30. The van der Waals surface area contributed by atoms with E-state index >= 15 is 0 Å². The number of aryl methyl sites for hydroxylation is 1. The summed E-state index contributed by atoms with van der Waals surface area (Å²) in [5.74, 6) is -0.686. The minimum absolute atomic E-state index is 0.0423. The number of hydrogen-bond donors (Lipinski definition) is 1. The number of non-ortho nitro benzene ring substituents is 1. The SMILES string of the molecule is O=C(CCn1cc(Br)cn1)Nc1cc(Oc2cccc(C(F)(F)F)c2)cc([N+](=O)[O-])c1. The molecule has 1 amide bonds. The van der Waals surface area contributed by atoms with Crippen molar-refractivity contribution in [3.63, 3.8) is 0 Å². The number of alkyl halides is 3. The predicted octanol–water partition coefficient (Wildman–Crippen LogP) is 5.39. The summed E-state index contributed by atoms with van der Waals surface area (Å²) >= 11 is 3.24. The highest BCUT2D eigenvalue weighted by Crippen LogP contribution is 2.34. The first-order valence-corrected chi connectivity index (χ1v) is 9.52. The Balaban J connectivity index is 1.76. The molecule has 0 aliphatic carbocycles. The number of nitrogens with zero attached hydrogens (tertiary/aromatic N) is 3. The van der Waals surface area contributed by atoms with E-state index in [4.69, 9.17) is 4.74 Å². The first-order chi connectivity index (χ1) is 14.6. The average molecular weight is 499 g/mol. The van der Waals surface area contributed by atoms with Gasteiger partial charge in [-0.25, -0.2) is 0 Å². The van der Waals surface area contributed by atoms with E-state index in [1.807, 2.05) is 0 Å². The number of benzene rings is 2. The number of hydrogen-bond acceptors (Lipinski definition) is 5. The first-order valence-electron chi connectivity index (χ1n) is 8.72. The van der Waals surface area contributed by atoms with Crippen molar-refractivity contribution in [3.8, 4) is 11.5 Å². The molecular formula is C19H14BrF3N4O4. The first kappa shape index (κ1) is 22.3. The van der Waals surface area contributed by atoms with E-state index in [2.05, 4.69) is 26.3 Å². The van der Waals surface area contributed by atoms with Crippen LogP contribution in [0.1, 0.15) is 12.0 Å². The largest absolute Gasteiger partial charge is 0.457 e. The Kier molecular flexibility index (Phi) is 6.59. The number of nitro groups is 1. The van der Waals surface area contributed by atoms with Crippen molar-refractivity contribution in [2.24, 2.45) is 0 Å². The smallest absolute Gasteiger partial charge is 0.416 e. The highest BCUT2D eigenvalue weighted by molar-refractivity contribution is 9.10. The van der Waals surface area contributed by atoms with E-state index in [-0.39, 0.29) is 30.2 Å². The van der Waals surface area contributed by atoms with E-state index in [1.54, 1.807) is 17.1 Å². The van der Waals surface area contributed by atoms with Gasteiger partial charge in [-0.15, -0.1) is 0 Å². The second-order valence-corrected chi connectivity index (χ2v) is 7.24. The van der Waals surface area contributed by atoms with Gasteiger partial charge in [0.05, 0.1) is 32.9 Å². The van der Waals surface area contributed by atoms with Crippen LogP contribution in [0.4, 0.5) is 24.5 Å². The number of rotatable bonds is 7. The molecular weight excluding hydrogens is 485 g/mol. The lowest BCUT2D eigenvalue weighted by atomic mass is 10.2. The molecule has 0 aliphatic rings. The number of anilines is 1. The summed E-state index contributed by atoms with van der Waals surface area (Å²) in [7, 11) is 0.